The molecule has 4 N–H and O–H groups in total. The van der Waals surface area contributed by atoms with Crippen LogP contribution < -0.4 is 5.73 Å². The molecule has 0 spiro atoms. The molecule has 0 aliphatic carbocycles. The summed E-state index contributed by atoms with van der Waals surface area (Å²) < 4.78 is 0. The number of aromatic nitrogens is 3. The minimum atomic E-state index is -0.316. The normalized spacial score (nSPS) is 22.9. The summed E-state index contributed by atoms with van der Waals surface area (Å²) in [6.45, 7) is 3.13. The maximum absolute atomic E-state index is 12.9. The molecule has 2 saturated heterocycles. The van der Waals surface area contributed by atoms with Gasteiger partial charge in [-0.25, -0.2) is 9.97 Å². The lowest BCUT2D eigenvalue weighted by molar-refractivity contribution is -0.122. The Morgan fingerprint density at radius 1 is 1.30 bits per heavy atom. The summed E-state index contributed by atoms with van der Waals surface area (Å²) in [7, 11) is 0. The number of halogens is 1. The third kappa shape index (κ3) is 4.50. The zero-order chi connectivity index (χ0) is 21.7. The second kappa shape index (κ2) is 9.33. The van der Waals surface area contributed by atoms with E-state index in [9.17, 15) is 9.90 Å². The summed E-state index contributed by atoms with van der Waals surface area (Å²) in [5.74, 6) is 0.359. The summed E-state index contributed by atoms with van der Waals surface area (Å²) in [5, 5.41) is 17.4. The van der Waals surface area contributed by atoms with Gasteiger partial charge in [-0.3, -0.25) is 19.5 Å². The van der Waals surface area contributed by atoms with Crippen LogP contribution in [0.2, 0.25) is 5.02 Å². The molecular weight excluding hydrogens is 412 g/mol. The van der Waals surface area contributed by atoms with Crippen LogP contribution in [0.15, 0.2) is 30.9 Å². The fraction of sp³-hybridized carbons (Fsp3) is 0.421. The van der Waals surface area contributed by atoms with Crippen LogP contribution in [0, 0.1) is 11.3 Å². The maximum atomic E-state index is 12.9. The standard InChI is InChI=1S/C18H21ClN6O2.CH2O2/c19-15-5-21-2-1-14(15)16(27)25-8-13-7-24(9-18(13,10-25)11-26)6-12-3-22-17(20)23-4-12;2-1-3/h1-5,13,26H,6-11H2,(H2,20,22,23);1H,(H,2,3). The molecule has 2 aromatic heterocycles. The highest BCUT2D eigenvalue weighted by molar-refractivity contribution is 6.33. The van der Waals surface area contributed by atoms with E-state index in [0.29, 0.717) is 36.8 Å². The molecule has 0 radical (unpaired) electrons. The highest BCUT2D eigenvalue weighted by Crippen LogP contribution is 2.43. The Bertz CT molecular complexity index is 899. The largest absolute Gasteiger partial charge is 0.483 e. The highest BCUT2D eigenvalue weighted by atomic mass is 35.5. The van der Waals surface area contributed by atoms with Gasteiger partial charge >= 0.3 is 0 Å². The highest BCUT2D eigenvalue weighted by Gasteiger charge is 2.53. The van der Waals surface area contributed by atoms with Crippen LogP contribution in [-0.2, 0) is 11.3 Å². The molecule has 0 aromatic carbocycles. The first-order chi connectivity index (χ1) is 14.4. The number of hydrogen-bond acceptors (Lipinski definition) is 8. The van der Waals surface area contributed by atoms with Gasteiger partial charge in [-0.05, 0) is 12.0 Å². The van der Waals surface area contributed by atoms with Crippen LogP contribution in [0.4, 0.5) is 5.95 Å². The second-order valence-electron chi connectivity index (χ2n) is 7.48. The van der Waals surface area contributed by atoms with Crippen molar-refractivity contribution in [3.05, 3.63) is 47.0 Å². The zero-order valence-corrected chi connectivity index (χ0v) is 16.9. The molecule has 1 amide bonds. The van der Waals surface area contributed by atoms with Gasteiger partial charge in [0.1, 0.15) is 0 Å². The number of aliphatic hydroxyl groups excluding tert-OH is 1. The molecule has 10 nitrogen and oxygen atoms in total. The van der Waals surface area contributed by atoms with Crippen LogP contribution in [0.3, 0.4) is 0 Å². The number of aliphatic hydroxyl groups is 1. The van der Waals surface area contributed by atoms with E-state index in [1.54, 1.807) is 29.6 Å². The molecule has 30 heavy (non-hydrogen) atoms. The molecule has 2 fully saturated rings. The molecule has 4 rings (SSSR count). The Hall–Kier alpha value is -2.82. The van der Waals surface area contributed by atoms with E-state index in [0.717, 1.165) is 12.1 Å². The SMILES string of the molecule is Nc1ncc(CN2CC3CN(C(=O)c4ccncc4Cl)CC3(CO)C2)cn1.O=CO. The number of nitrogen functional groups attached to an aromatic ring is 1. The van der Waals surface area contributed by atoms with E-state index in [2.05, 4.69) is 19.9 Å². The smallest absolute Gasteiger partial charge is 0.290 e. The lowest BCUT2D eigenvalue weighted by Gasteiger charge is -2.27. The topological polar surface area (TPSA) is 146 Å². The monoisotopic (exact) mass is 434 g/mol. The van der Waals surface area contributed by atoms with Crippen molar-refractivity contribution in [1.82, 2.24) is 24.8 Å². The molecule has 4 heterocycles. The second-order valence-corrected chi connectivity index (χ2v) is 7.89. The number of rotatable bonds is 4. The summed E-state index contributed by atoms with van der Waals surface area (Å²) in [6.07, 6.45) is 6.49. The van der Waals surface area contributed by atoms with Crippen molar-refractivity contribution in [3.63, 3.8) is 0 Å². The average molecular weight is 435 g/mol. The molecule has 160 valence electrons. The number of carboxylic acid groups (broad SMARTS) is 1. The Labute approximate surface area is 178 Å². The van der Waals surface area contributed by atoms with Gasteiger partial charge in [0.05, 0.1) is 17.2 Å². The molecule has 2 aliphatic heterocycles. The number of fused-ring (bicyclic) bond motifs is 1. The predicted molar refractivity (Wildman–Crippen MR) is 109 cm³/mol. The van der Waals surface area contributed by atoms with Crippen LogP contribution in [0.25, 0.3) is 0 Å². The molecule has 11 heteroatoms. The quantitative estimate of drug-likeness (QED) is 0.581. The number of nitrogens with two attached hydrogens (primary N) is 1. The Kier molecular flexibility index (Phi) is 6.80. The third-order valence-corrected chi connectivity index (χ3v) is 5.87. The molecular formula is C19H23ClN6O4. The van der Waals surface area contributed by atoms with Crippen molar-refractivity contribution in [1.29, 1.82) is 0 Å². The van der Waals surface area contributed by atoms with E-state index in [1.165, 1.54) is 6.20 Å². The molecule has 2 aromatic rings. The summed E-state index contributed by atoms with van der Waals surface area (Å²) in [6, 6.07) is 1.64. The molecule has 0 saturated carbocycles. The summed E-state index contributed by atoms with van der Waals surface area (Å²) >= 11 is 6.12. The first kappa shape index (κ1) is 21.9. The lowest BCUT2D eigenvalue weighted by Crippen LogP contribution is -2.39. The lowest BCUT2D eigenvalue weighted by atomic mass is 9.82. The third-order valence-electron chi connectivity index (χ3n) is 5.57. The van der Waals surface area contributed by atoms with Crippen molar-refractivity contribution in [2.24, 2.45) is 11.3 Å². The zero-order valence-electron chi connectivity index (χ0n) is 16.2. The van der Waals surface area contributed by atoms with Crippen molar-refractivity contribution in [3.8, 4) is 0 Å². The van der Waals surface area contributed by atoms with Gasteiger partial charge in [0, 0.05) is 68.5 Å². The number of nitrogens with zero attached hydrogens (tertiary/aromatic N) is 5. The summed E-state index contributed by atoms with van der Waals surface area (Å²) in [4.78, 5) is 37.3. The van der Waals surface area contributed by atoms with Gasteiger partial charge in [-0.1, -0.05) is 11.6 Å². The molecule has 2 aliphatic rings. The summed E-state index contributed by atoms with van der Waals surface area (Å²) in [5.41, 5.74) is 6.65. The Balaban J connectivity index is 0.000000806. The van der Waals surface area contributed by atoms with Gasteiger partial charge in [-0.15, -0.1) is 0 Å². The Morgan fingerprint density at radius 2 is 2.00 bits per heavy atom. The number of anilines is 1. The van der Waals surface area contributed by atoms with Gasteiger partial charge in [-0.2, -0.15) is 0 Å². The Morgan fingerprint density at radius 3 is 2.60 bits per heavy atom. The number of amides is 1. The van der Waals surface area contributed by atoms with E-state index >= 15 is 0 Å². The van der Waals surface area contributed by atoms with Crippen LogP contribution in [0.5, 0.6) is 0 Å². The minimum absolute atomic E-state index is 0.0419. The van der Waals surface area contributed by atoms with Crippen LogP contribution in [-0.4, -0.2) is 80.1 Å². The van der Waals surface area contributed by atoms with Crippen LogP contribution >= 0.6 is 11.6 Å². The minimum Gasteiger partial charge on any atom is -0.483 e. The van der Waals surface area contributed by atoms with Gasteiger partial charge in [0.2, 0.25) is 5.95 Å². The van der Waals surface area contributed by atoms with Crippen molar-refractivity contribution >= 4 is 29.9 Å². The van der Waals surface area contributed by atoms with E-state index in [4.69, 9.17) is 27.2 Å². The molecule has 0 bridgehead atoms. The average Bonchev–Trinajstić information content (AvgIpc) is 3.24. The van der Waals surface area contributed by atoms with Crippen molar-refractivity contribution < 1.29 is 19.8 Å². The van der Waals surface area contributed by atoms with E-state index in [-0.39, 0.29) is 36.3 Å². The fourth-order valence-electron chi connectivity index (χ4n) is 4.21. The number of carbonyl (C=O) groups is 2. The molecule has 2 unspecified atom stereocenters. The first-order valence-corrected chi connectivity index (χ1v) is 9.66. The van der Waals surface area contributed by atoms with Crippen LogP contribution in [0.1, 0.15) is 15.9 Å². The van der Waals surface area contributed by atoms with Crippen molar-refractivity contribution in [2.75, 3.05) is 38.5 Å². The van der Waals surface area contributed by atoms with E-state index in [1.807, 2.05) is 0 Å². The predicted octanol–water partition coefficient (Wildman–Crippen LogP) is 0.374. The molecule has 2 atom stereocenters. The maximum Gasteiger partial charge on any atom is 0.290 e. The van der Waals surface area contributed by atoms with Crippen molar-refractivity contribution in [2.45, 2.75) is 6.54 Å². The fourth-order valence-corrected chi connectivity index (χ4v) is 4.41. The number of pyridine rings is 1. The number of carbonyl (C=O) groups excluding carboxylic acids is 1. The van der Waals surface area contributed by atoms with E-state index < -0.39 is 0 Å². The van der Waals surface area contributed by atoms with Gasteiger partial charge in [0.25, 0.3) is 12.4 Å². The van der Waals surface area contributed by atoms with Gasteiger partial charge in [0.15, 0.2) is 0 Å². The van der Waals surface area contributed by atoms with Gasteiger partial charge < -0.3 is 20.8 Å². The number of hydrogen-bond donors (Lipinski definition) is 3. The first-order valence-electron chi connectivity index (χ1n) is 9.28. The number of likely N-dealkylation sites (tertiary alicyclic amines) is 2.